The van der Waals surface area contributed by atoms with Crippen LogP contribution in [-0.4, -0.2) is 19.2 Å². The molecule has 4 heteroatoms. The monoisotopic (exact) mass is 312 g/mol. The number of carbonyl (C=O) groups excluding carboxylic acids is 1. The summed E-state index contributed by atoms with van der Waals surface area (Å²) < 4.78 is 5.37. The zero-order valence-electron chi connectivity index (χ0n) is 14.0. The minimum absolute atomic E-state index is 0.195. The van der Waals surface area contributed by atoms with Gasteiger partial charge in [-0.1, -0.05) is 23.8 Å². The Bertz CT molecular complexity index is 651. The summed E-state index contributed by atoms with van der Waals surface area (Å²) in [6.45, 7) is 7.36. The first kappa shape index (κ1) is 16.9. The van der Waals surface area contributed by atoms with Crippen molar-refractivity contribution < 1.29 is 9.53 Å². The normalized spacial score (nSPS) is 10.2. The molecule has 0 radical (unpaired) electrons. The van der Waals surface area contributed by atoms with Gasteiger partial charge in [0.15, 0.2) is 0 Å². The van der Waals surface area contributed by atoms with E-state index >= 15 is 0 Å². The van der Waals surface area contributed by atoms with Gasteiger partial charge in [-0.2, -0.15) is 0 Å². The number of rotatable bonds is 6. The molecule has 2 N–H and O–H groups in total. The first-order valence-electron chi connectivity index (χ1n) is 7.92. The molecule has 0 atom stereocenters. The van der Waals surface area contributed by atoms with Gasteiger partial charge in [0.05, 0.1) is 6.61 Å². The third kappa shape index (κ3) is 5.33. The van der Waals surface area contributed by atoms with Crippen LogP contribution in [0, 0.1) is 13.8 Å². The molecule has 23 heavy (non-hydrogen) atoms. The van der Waals surface area contributed by atoms with Crippen LogP contribution in [-0.2, 0) is 6.42 Å². The number of benzene rings is 2. The molecule has 0 saturated carbocycles. The molecule has 0 heterocycles. The average molecular weight is 312 g/mol. The maximum absolute atomic E-state index is 11.9. The van der Waals surface area contributed by atoms with Gasteiger partial charge in [-0.05, 0) is 62.6 Å². The van der Waals surface area contributed by atoms with E-state index in [4.69, 9.17) is 4.74 Å². The van der Waals surface area contributed by atoms with Crippen molar-refractivity contribution in [3.8, 4) is 5.75 Å². The van der Waals surface area contributed by atoms with E-state index in [-0.39, 0.29) is 6.03 Å². The number of hydrogen-bond donors (Lipinski definition) is 2. The fourth-order valence-electron chi connectivity index (χ4n) is 2.41. The molecule has 0 spiro atoms. The Labute approximate surface area is 137 Å². The zero-order valence-corrected chi connectivity index (χ0v) is 14.0. The molecule has 2 aromatic carbocycles. The highest BCUT2D eigenvalue weighted by Gasteiger charge is 2.03. The molecule has 4 nitrogen and oxygen atoms in total. The number of anilines is 1. The van der Waals surface area contributed by atoms with E-state index in [2.05, 4.69) is 42.7 Å². The Kier molecular flexibility index (Phi) is 6.03. The van der Waals surface area contributed by atoms with Gasteiger partial charge >= 0.3 is 6.03 Å². The van der Waals surface area contributed by atoms with Crippen molar-refractivity contribution in [1.82, 2.24) is 5.32 Å². The van der Waals surface area contributed by atoms with Crippen molar-refractivity contribution in [2.24, 2.45) is 0 Å². The summed E-state index contributed by atoms with van der Waals surface area (Å²) in [5.41, 5.74) is 4.53. The lowest BCUT2D eigenvalue weighted by Crippen LogP contribution is -2.30. The summed E-state index contributed by atoms with van der Waals surface area (Å²) in [5, 5.41) is 5.70. The largest absolute Gasteiger partial charge is 0.494 e. The number of hydrogen-bond acceptors (Lipinski definition) is 2. The van der Waals surface area contributed by atoms with Gasteiger partial charge in [-0.15, -0.1) is 0 Å². The minimum atomic E-state index is -0.195. The Morgan fingerprint density at radius 1 is 1.09 bits per heavy atom. The maximum atomic E-state index is 11.9. The molecule has 0 unspecified atom stereocenters. The van der Waals surface area contributed by atoms with Gasteiger partial charge in [-0.3, -0.25) is 0 Å². The van der Waals surface area contributed by atoms with E-state index in [1.807, 2.05) is 31.2 Å². The van der Waals surface area contributed by atoms with Crippen LogP contribution < -0.4 is 15.4 Å². The van der Waals surface area contributed by atoms with E-state index in [1.165, 1.54) is 16.7 Å². The van der Waals surface area contributed by atoms with E-state index in [0.717, 1.165) is 17.9 Å². The predicted molar refractivity (Wildman–Crippen MR) is 94.3 cm³/mol. The van der Waals surface area contributed by atoms with Gasteiger partial charge in [0, 0.05) is 12.2 Å². The van der Waals surface area contributed by atoms with E-state index in [0.29, 0.717) is 13.2 Å². The Morgan fingerprint density at radius 3 is 2.48 bits per heavy atom. The summed E-state index contributed by atoms with van der Waals surface area (Å²) in [7, 11) is 0. The molecule has 122 valence electrons. The Balaban J connectivity index is 1.78. The minimum Gasteiger partial charge on any atom is -0.494 e. The van der Waals surface area contributed by atoms with Crippen LogP contribution in [0.2, 0.25) is 0 Å². The standard InChI is InChI=1S/C19H24N2O2/c1-4-23-18-9-7-17(8-10-18)21-19(22)20-12-11-16-6-5-14(2)13-15(16)3/h5-10,13H,4,11-12H2,1-3H3,(H2,20,21,22). The lowest BCUT2D eigenvalue weighted by molar-refractivity contribution is 0.252. The number of carbonyl (C=O) groups is 1. The van der Waals surface area contributed by atoms with Crippen LogP contribution in [0.4, 0.5) is 10.5 Å². The number of amides is 2. The molecule has 0 bridgehead atoms. The zero-order chi connectivity index (χ0) is 16.7. The van der Waals surface area contributed by atoms with E-state index in [9.17, 15) is 4.79 Å². The van der Waals surface area contributed by atoms with Crippen molar-refractivity contribution in [3.63, 3.8) is 0 Å². The molecule has 0 aromatic heterocycles. The molecule has 0 saturated heterocycles. The van der Waals surface area contributed by atoms with Gasteiger partial charge in [0.25, 0.3) is 0 Å². The predicted octanol–water partition coefficient (Wildman–Crippen LogP) is 4.07. The molecule has 0 fully saturated rings. The highest BCUT2D eigenvalue weighted by Crippen LogP contribution is 2.15. The second kappa shape index (κ2) is 8.22. The van der Waals surface area contributed by atoms with Crippen LogP contribution in [0.25, 0.3) is 0 Å². The van der Waals surface area contributed by atoms with Gasteiger partial charge in [0.1, 0.15) is 5.75 Å². The summed E-state index contributed by atoms with van der Waals surface area (Å²) in [5.74, 6) is 0.799. The van der Waals surface area contributed by atoms with E-state index in [1.54, 1.807) is 0 Å². The topological polar surface area (TPSA) is 50.4 Å². The van der Waals surface area contributed by atoms with Crippen LogP contribution >= 0.6 is 0 Å². The lowest BCUT2D eigenvalue weighted by Gasteiger charge is -2.10. The number of urea groups is 1. The van der Waals surface area contributed by atoms with Crippen LogP contribution in [0.5, 0.6) is 5.75 Å². The number of ether oxygens (including phenoxy) is 1. The number of nitrogens with one attached hydrogen (secondary N) is 2. The maximum Gasteiger partial charge on any atom is 0.319 e. The summed E-state index contributed by atoms with van der Waals surface area (Å²) in [4.78, 5) is 11.9. The fraction of sp³-hybridized carbons (Fsp3) is 0.316. The van der Waals surface area contributed by atoms with Gasteiger partial charge in [-0.25, -0.2) is 4.79 Å². The molecule has 2 rings (SSSR count). The first-order valence-corrected chi connectivity index (χ1v) is 7.92. The van der Waals surface area contributed by atoms with Crippen LogP contribution in [0.15, 0.2) is 42.5 Å². The molecule has 0 aliphatic heterocycles. The molecule has 0 aliphatic rings. The van der Waals surface area contributed by atoms with Crippen molar-refractivity contribution >= 4 is 11.7 Å². The number of aryl methyl sites for hydroxylation is 2. The van der Waals surface area contributed by atoms with Crippen molar-refractivity contribution in [2.45, 2.75) is 27.2 Å². The summed E-state index contributed by atoms with van der Waals surface area (Å²) >= 11 is 0. The highest BCUT2D eigenvalue weighted by molar-refractivity contribution is 5.89. The summed E-state index contributed by atoms with van der Waals surface area (Å²) in [6, 6.07) is 13.5. The fourth-order valence-corrected chi connectivity index (χ4v) is 2.41. The Morgan fingerprint density at radius 2 is 1.83 bits per heavy atom. The highest BCUT2D eigenvalue weighted by atomic mass is 16.5. The van der Waals surface area contributed by atoms with Crippen molar-refractivity contribution in [2.75, 3.05) is 18.5 Å². The van der Waals surface area contributed by atoms with Crippen LogP contribution in [0.3, 0.4) is 0 Å². The SMILES string of the molecule is CCOc1ccc(NC(=O)NCCc2ccc(C)cc2C)cc1. The quantitative estimate of drug-likeness (QED) is 0.845. The second-order valence-electron chi connectivity index (χ2n) is 5.52. The van der Waals surface area contributed by atoms with Gasteiger partial charge in [0.2, 0.25) is 0 Å². The van der Waals surface area contributed by atoms with Crippen molar-refractivity contribution in [3.05, 3.63) is 59.2 Å². The summed E-state index contributed by atoms with van der Waals surface area (Å²) in [6.07, 6.45) is 0.822. The molecule has 2 amide bonds. The smallest absolute Gasteiger partial charge is 0.319 e. The van der Waals surface area contributed by atoms with Crippen LogP contribution in [0.1, 0.15) is 23.6 Å². The van der Waals surface area contributed by atoms with E-state index < -0.39 is 0 Å². The second-order valence-corrected chi connectivity index (χ2v) is 5.52. The van der Waals surface area contributed by atoms with Crippen molar-refractivity contribution in [1.29, 1.82) is 0 Å². The third-order valence-electron chi connectivity index (χ3n) is 3.60. The van der Waals surface area contributed by atoms with Gasteiger partial charge < -0.3 is 15.4 Å². The Hall–Kier alpha value is -2.49. The third-order valence-corrected chi connectivity index (χ3v) is 3.60. The average Bonchev–Trinajstić information content (AvgIpc) is 2.52. The molecule has 2 aromatic rings. The molecular weight excluding hydrogens is 288 g/mol. The molecule has 0 aliphatic carbocycles. The lowest BCUT2D eigenvalue weighted by atomic mass is 10.0. The first-order chi connectivity index (χ1) is 11.1. The molecular formula is C19H24N2O2.